The molecule has 2 rings (SSSR count). The predicted molar refractivity (Wildman–Crippen MR) is 105 cm³/mol. The van der Waals surface area contributed by atoms with Crippen LogP contribution < -0.4 is 10.2 Å². The molecule has 0 radical (unpaired) electrons. The van der Waals surface area contributed by atoms with E-state index in [9.17, 15) is 13.2 Å². The van der Waals surface area contributed by atoms with Crippen LogP contribution >= 0.6 is 0 Å². The van der Waals surface area contributed by atoms with E-state index in [1.54, 1.807) is 12.1 Å². The largest absolute Gasteiger partial charge is 0.376 e. The molecule has 7 heteroatoms. The van der Waals surface area contributed by atoms with Crippen molar-refractivity contribution in [2.24, 2.45) is 0 Å². The van der Waals surface area contributed by atoms with Gasteiger partial charge in [0.05, 0.1) is 16.3 Å². The summed E-state index contributed by atoms with van der Waals surface area (Å²) in [4.78, 5) is 14.3. The summed E-state index contributed by atoms with van der Waals surface area (Å²) in [6.45, 7) is 0. The quantitative estimate of drug-likeness (QED) is 0.808. The molecule has 1 N–H and O–H groups in total. The van der Waals surface area contributed by atoms with Crippen molar-refractivity contribution in [3.05, 3.63) is 54.1 Å². The third kappa shape index (κ3) is 4.83. The summed E-state index contributed by atoms with van der Waals surface area (Å²) < 4.78 is 25.9. The lowest BCUT2D eigenvalue weighted by Gasteiger charge is -2.20. The number of hydrogen-bond donors (Lipinski definition) is 1. The number of aryl methyl sites for hydroxylation is 1. The third-order valence-corrected chi connectivity index (χ3v) is 5.80. The minimum atomic E-state index is -3.57. The highest BCUT2D eigenvalue weighted by molar-refractivity contribution is 7.89. The van der Waals surface area contributed by atoms with Crippen LogP contribution in [-0.2, 0) is 21.2 Å². The summed E-state index contributed by atoms with van der Waals surface area (Å²) >= 11 is 0. The van der Waals surface area contributed by atoms with Crippen LogP contribution in [0.15, 0.2) is 53.4 Å². The molecule has 0 fully saturated rings. The number of carbonyl (C=O) groups excluding carboxylic acids is 1. The second kappa shape index (κ2) is 8.33. The van der Waals surface area contributed by atoms with Crippen molar-refractivity contribution in [2.45, 2.75) is 17.7 Å². The lowest BCUT2D eigenvalue weighted by atomic mass is 10.1. The topological polar surface area (TPSA) is 69.7 Å². The lowest BCUT2D eigenvalue weighted by Crippen LogP contribution is -2.23. The second-order valence-corrected chi connectivity index (χ2v) is 8.55. The molecular formula is C19H25N3O3S. The van der Waals surface area contributed by atoms with Gasteiger partial charge in [-0.25, -0.2) is 12.7 Å². The van der Waals surface area contributed by atoms with Gasteiger partial charge in [0.1, 0.15) is 0 Å². The maximum atomic E-state index is 12.4. The number of sulfonamides is 1. The summed E-state index contributed by atoms with van der Waals surface area (Å²) in [5.41, 5.74) is 2.31. The Balaban J connectivity index is 2.21. The van der Waals surface area contributed by atoms with Crippen molar-refractivity contribution in [3.8, 4) is 0 Å². The van der Waals surface area contributed by atoms with Crippen molar-refractivity contribution in [2.75, 3.05) is 38.4 Å². The third-order valence-electron chi connectivity index (χ3n) is 3.99. The lowest BCUT2D eigenvalue weighted by molar-refractivity contribution is -0.116. The van der Waals surface area contributed by atoms with E-state index in [0.717, 1.165) is 15.6 Å². The predicted octanol–water partition coefficient (Wildman–Crippen LogP) is 2.57. The molecule has 0 unspecified atom stereocenters. The van der Waals surface area contributed by atoms with E-state index in [1.165, 1.54) is 20.2 Å². The fourth-order valence-corrected chi connectivity index (χ4v) is 3.42. The Bertz CT molecular complexity index is 863. The van der Waals surface area contributed by atoms with Gasteiger partial charge in [0.2, 0.25) is 15.9 Å². The normalized spacial score (nSPS) is 11.4. The molecule has 0 saturated carbocycles. The molecule has 2 aromatic rings. The molecule has 0 spiro atoms. The Hall–Kier alpha value is -2.38. The number of amides is 1. The van der Waals surface area contributed by atoms with E-state index < -0.39 is 10.0 Å². The van der Waals surface area contributed by atoms with Crippen LogP contribution in [0.3, 0.4) is 0 Å². The highest BCUT2D eigenvalue weighted by Crippen LogP contribution is 2.28. The minimum absolute atomic E-state index is 0.145. The average Bonchev–Trinajstić information content (AvgIpc) is 2.60. The summed E-state index contributed by atoms with van der Waals surface area (Å²) in [6.07, 6.45) is 0.946. The zero-order valence-electron chi connectivity index (χ0n) is 15.6. The second-order valence-electron chi connectivity index (χ2n) is 6.39. The molecule has 0 bridgehead atoms. The summed E-state index contributed by atoms with van der Waals surface area (Å²) in [7, 11) is 3.07. The first-order valence-electron chi connectivity index (χ1n) is 8.29. The fourth-order valence-electron chi connectivity index (χ4n) is 2.49. The first-order chi connectivity index (χ1) is 12.2. The van der Waals surface area contributed by atoms with Crippen LogP contribution in [0.5, 0.6) is 0 Å². The molecule has 0 aliphatic heterocycles. The van der Waals surface area contributed by atoms with Crippen LogP contribution in [0.25, 0.3) is 0 Å². The fraction of sp³-hybridized carbons (Fsp3) is 0.316. The van der Waals surface area contributed by atoms with Gasteiger partial charge in [-0.05, 0) is 30.2 Å². The Kier molecular flexibility index (Phi) is 6.39. The molecule has 0 heterocycles. The van der Waals surface area contributed by atoms with E-state index in [0.29, 0.717) is 18.5 Å². The van der Waals surface area contributed by atoms with Gasteiger partial charge in [0.15, 0.2) is 0 Å². The summed E-state index contributed by atoms with van der Waals surface area (Å²) in [5, 5.41) is 2.85. The highest BCUT2D eigenvalue weighted by Gasteiger charge is 2.20. The van der Waals surface area contributed by atoms with Crippen LogP contribution in [0.2, 0.25) is 0 Å². The van der Waals surface area contributed by atoms with E-state index in [-0.39, 0.29) is 10.8 Å². The van der Waals surface area contributed by atoms with Crippen LogP contribution in [0.4, 0.5) is 11.4 Å². The van der Waals surface area contributed by atoms with Crippen LogP contribution in [-0.4, -0.2) is 46.8 Å². The van der Waals surface area contributed by atoms with E-state index in [1.807, 2.05) is 49.3 Å². The maximum absolute atomic E-state index is 12.4. The number of nitrogens with zero attached hydrogens (tertiary/aromatic N) is 2. The first-order valence-corrected chi connectivity index (χ1v) is 9.73. The van der Waals surface area contributed by atoms with Crippen molar-refractivity contribution in [3.63, 3.8) is 0 Å². The molecule has 2 aromatic carbocycles. The molecule has 26 heavy (non-hydrogen) atoms. The minimum Gasteiger partial charge on any atom is -0.376 e. The zero-order chi connectivity index (χ0) is 19.3. The molecule has 6 nitrogen and oxygen atoms in total. The molecule has 0 saturated heterocycles. The maximum Gasteiger partial charge on any atom is 0.242 e. The van der Waals surface area contributed by atoms with E-state index >= 15 is 0 Å². The van der Waals surface area contributed by atoms with Crippen LogP contribution in [0.1, 0.15) is 12.0 Å². The SMILES string of the molecule is CN(C)c1ccc(S(=O)(=O)N(C)C)cc1NC(=O)CCc1ccccc1. The van der Waals surface area contributed by atoms with Gasteiger partial charge in [-0.15, -0.1) is 0 Å². The molecule has 0 aromatic heterocycles. The highest BCUT2D eigenvalue weighted by atomic mass is 32.2. The molecule has 0 aliphatic carbocycles. The van der Waals surface area contributed by atoms with Crippen molar-refractivity contribution in [1.82, 2.24) is 4.31 Å². The zero-order valence-corrected chi connectivity index (χ0v) is 16.4. The van der Waals surface area contributed by atoms with Gasteiger partial charge >= 0.3 is 0 Å². The summed E-state index contributed by atoms with van der Waals surface area (Å²) in [5.74, 6) is -0.156. The average molecular weight is 375 g/mol. The first kappa shape index (κ1) is 19.9. The Morgan fingerprint density at radius 3 is 2.23 bits per heavy atom. The Labute approximate surface area is 155 Å². The molecule has 140 valence electrons. The standard InChI is InChI=1S/C19H25N3O3S/c1-21(2)18-12-11-16(26(24,25)22(3)4)14-17(18)20-19(23)13-10-15-8-6-5-7-9-15/h5-9,11-12,14H,10,13H2,1-4H3,(H,20,23). The van der Waals surface area contributed by atoms with Crippen molar-refractivity contribution in [1.29, 1.82) is 0 Å². The smallest absolute Gasteiger partial charge is 0.242 e. The molecule has 0 atom stereocenters. The molecular weight excluding hydrogens is 350 g/mol. The van der Waals surface area contributed by atoms with Gasteiger partial charge in [-0.2, -0.15) is 0 Å². The number of hydrogen-bond acceptors (Lipinski definition) is 4. The number of rotatable bonds is 7. The van der Waals surface area contributed by atoms with Gasteiger partial charge in [0, 0.05) is 34.6 Å². The van der Waals surface area contributed by atoms with E-state index in [4.69, 9.17) is 0 Å². The van der Waals surface area contributed by atoms with E-state index in [2.05, 4.69) is 5.32 Å². The van der Waals surface area contributed by atoms with Gasteiger partial charge in [-0.3, -0.25) is 4.79 Å². The molecule has 1 amide bonds. The Morgan fingerprint density at radius 2 is 1.65 bits per heavy atom. The number of nitrogens with one attached hydrogen (secondary N) is 1. The van der Waals surface area contributed by atoms with Crippen molar-refractivity contribution >= 4 is 27.3 Å². The monoisotopic (exact) mass is 375 g/mol. The Morgan fingerprint density at radius 1 is 1.00 bits per heavy atom. The number of benzene rings is 2. The van der Waals surface area contributed by atoms with Crippen LogP contribution in [0, 0.1) is 0 Å². The van der Waals surface area contributed by atoms with Gasteiger partial charge in [0.25, 0.3) is 0 Å². The van der Waals surface area contributed by atoms with Gasteiger partial charge < -0.3 is 10.2 Å². The van der Waals surface area contributed by atoms with Crippen molar-refractivity contribution < 1.29 is 13.2 Å². The van der Waals surface area contributed by atoms with Gasteiger partial charge in [-0.1, -0.05) is 30.3 Å². The molecule has 0 aliphatic rings. The number of anilines is 2. The number of carbonyl (C=O) groups is 1. The summed E-state index contributed by atoms with van der Waals surface area (Å²) in [6, 6.07) is 14.5.